The van der Waals surface area contributed by atoms with Crippen LogP contribution in [0, 0.1) is 6.92 Å². The molecule has 0 radical (unpaired) electrons. The zero-order valence-electron chi connectivity index (χ0n) is 9.82. The van der Waals surface area contributed by atoms with E-state index in [1.165, 1.54) is 0 Å². The number of aliphatic hydroxyl groups is 1. The molecule has 2 N–H and O–H groups in total. The van der Waals surface area contributed by atoms with Crippen molar-refractivity contribution in [2.45, 2.75) is 31.9 Å². The van der Waals surface area contributed by atoms with E-state index >= 15 is 0 Å². The Morgan fingerprint density at radius 2 is 2.44 bits per heavy atom. The lowest BCUT2D eigenvalue weighted by molar-refractivity contribution is 0.0247. The highest BCUT2D eigenvalue weighted by Crippen LogP contribution is 2.21. The highest BCUT2D eigenvalue weighted by Gasteiger charge is 2.32. The minimum atomic E-state index is -0.714. The second-order valence-corrected chi connectivity index (χ2v) is 4.60. The third-order valence-corrected chi connectivity index (χ3v) is 3.11. The highest BCUT2D eigenvalue weighted by atomic mass is 16.5. The normalized spacial score (nSPS) is 27.2. The van der Waals surface area contributed by atoms with Crippen molar-refractivity contribution in [2.75, 3.05) is 19.8 Å². The molecule has 2 unspecified atom stereocenters. The molecule has 1 aliphatic rings. The average molecular weight is 225 g/mol. The van der Waals surface area contributed by atoms with Crippen LogP contribution in [0.3, 0.4) is 0 Å². The molecular weight excluding hydrogens is 206 g/mol. The monoisotopic (exact) mass is 225 g/mol. The van der Waals surface area contributed by atoms with Crippen LogP contribution in [0.25, 0.3) is 0 Å². The van der Waals surface area contributed by atoms with Crippen molar-refractivity contribution < 1.29 is 14.3 Å². The lowest BCUT2D eigenvalue weighted by Gasteiger charge is -2.23. The molecule has 1 fully saturated rings. The van der Waals surface area contributed by atoms with E-state index in [1.54, 1.807) is 6.26 Å². The molecule has 1 aliphatic heterocycles. The summed E-state index contributed by atoms with van der Waals surface area (Å²) >= 11 is 0. The molecule has 1 saturated heterocycles. The Balaban J connectivity index is 1.88. The van der Waals surface area contributed by atoms with Crippen LogP contribution in [-0.4, -0.2) is 30.5 Å². The van der Waals surface area contributed by atoms with Gasteiger partial charge in [0.05, 0.1) is 18.9 Å². The Hall–Kier alpha value is -0.840. The summed E-state index contributed by atoms with van der Waals surface area (Å²) in [7, 11) is 0. The minimum absolute atomic E-state index is 0.111. The van der Waals surface area contributed by atoms with Crippen molar-refractivity contribution in [3.8, 4) is 0 Å². The molecule has 1 aromatic heterocycles. The highest BCUT2D eigenvalue weighted by molar-refractivity contribution is 5.17. The maximum atomic E-state index is 10.1. The molecule has 0 saturated carbocycles. The van der Waals surface area contributed by atoms with Gasteiger partial charge in [0, 0.05) is 19.6 Å². The van der Waals surface area contributed by atoms with Gasteiger partial charge >= 0.3 is 0 Å². The molecule has 2 rings (SSSR count). The molecule has 0 spiro atoms. The molecule has 4 heteroatoms. The summed E-state index contributed by atoms with van der Waals surface area (Å²) < 4.78 is 10.6. The van der Waals surface area contributed by atoms with E-state index in [0.717, 1.165) is 11.3 Å². The molecular formula is C12H19NO3. The molecule has 0 amide bonds. The maximum absolute atomic E-state index is 10.1. The van der Waals surface area contributed by atoms with E-state index in [4.69, 9.17) is 9.15 Å². The molecule has 0 bridgehead atoms. The van der Waals surface area contributed by atoms with Gasteiger partial charge < -0.3 is 19.6 Å². The maximum Gasteiger partial charge on any atom is 0.123 e. The van der Waals surface area contributed by atoms with Gasteiger partial charge in [-0.05, 0) is 25.5 Å². The van der Waals surface area contributed by atoms with Crippen molar-refractivity contribution in [1.82, 2.24) is 5.32 Å². The fourth-order valence-corrected chi connectivity index (χ4v) is 2.00. The Kier molecular flexibility index (Phi) is 3.33. The van der Waals surface area contributed by atoms with Gasteiger partial charge in [-0.1, -0.05) is 0 Å². The first-order chi connectivity index (χ1) is 7.61. The fourth-order valence-electron chi connectivity index (χ4n) is 2.00. The third-order valence-electron chi connectivity index (χ3n) is 3.11. The van der Waals surface area contributed by atoms with E-state index in [-0.39, 0.29) is 6.04 Å². The molecule has 16 heavy (non-hydrogen) atoms. The van der Waals surface area contributed by atoms with Crippen LogP contribution >= 0.6 is 0 Å². The molecule has 2 heterocycles. The van der Waals surface area contributed by atoms with Gasteiger partial charge in [-0.25, -0.2) is 0 Å². The van der Waals surface area contributed by atoms with Crippen molar-refractivity contribution in [2.24, 2.45) is 0 Å². The van der Waals surface area contributed by atoms with Gasteiger partial charge in [0.25, 0.3) is 0 Å². The summed E-state index contributed by atoms with van der Waals surface area (Å²) in [6.07, 6.45) is 2.39. The van der Waals surface area contributed by atoms with E-state index in [1.807, 2.05) is 19.9 Å². The fraction of sp³-hybridized carbons (Fsp3) is 0.667. The number of hydrogen-bond donors (Lipinski definition) is 2. The number of hydrogen-bond acceptors (Lipinski definition) is 4. The topological polar surface area (TPSA) is 54.6 Å². The SMILES string of the molecule is Cc1ccoc1C(C)NCC1(O)CCOC1. The first-order valence-corrected chi connectivity index (χ1v) is 5.68. The Morgan fingerprint density at radius 1 is 1.62 bits per heavy atom. The van der Waals surface area contributed by atoms with Crippen molar-refractivity contribution in [3.05, 3.63) is 23.7 Å². The lowest BCUT2D eigenvalue weighted by Crippen LogP contribution is -2.41. The predicted molar refractivity (Wildman–Crippen MR) is 60.2 cm³/mol. The minimum Gasteiger partial charge on any atom is -0.467 e. The molecule has 4 nitrogen and oxygen atoms in total. The Bertz CT molecular complexity index is 342. The van der Waals surface area contributed by atoms with E-state index in [9.17, 15) is 5.11 Å². The zero-order valence-corrected chi connectivity index (χ0v) is 9.82. The van der Waals surface area contributed by atoms with Crippen LogP contribution in [0.1, 0.15) is 30.7 Å². The second-order valence-electron chi connectivity index (χ2n) is 4.60. The molecule has 0 aromatic carbocycles. The Labute approximate surface area is 95.6 Å². The summed E-state index contributed by atoms with van der Waals surface area (Å²) in [5.74, 6) is 0.933. The largest absolute Gasteiger partial charge is 0.467 e. The first kappa shape index (κ1) is 11.6. The van der Waals surface area contributed by atoms with Crippen molar-refractivity contribution >= 4 is 0 Å². The third kappa shape index (κ3) is 2.45. The van der Waals surface area contributed by atoms with Crippen LogP contribution in [0.15, 0.2) is 16.7 Å². The van der Waals surface area contributed by atoms with Gasteiger partial charge in [-0.2, -0.15) is 0 Å². The lowest BCUT2D eigenvalue weighted by atomic mass is 10.0. The summed E-state index contributed by atoms with van der Waals surface area (Å²) in [6.45, 7) is 5.65. The zero-order chi connectivity index (χ0) is 11.6. The van der Waals surface area contributed by atoms with Crippen molar-refractivity contribution in [1.29, 1.82) is 0 Å². The molecule has 0 aliphatic carbocycles. The van der Waals surface area contributed by atoms with Crippen LogP contribution in [0.2, 0.25) is 0 Å². The van der Waals surface area contributed by atoms with Crippen LogP contribution < -0.4 is 5.32 Å². The molecule has 2 atom stereocenters. The predicted octanol–water partition coefficient (Wildman–Crippen LogP) is 1.39. The number of aryl methyl sites for hydroxylation is 1. The van der Waals surface area contributed by atoms with Crippen LogP contribution in [0.4, 0.5) is 0 Å². The number of furan rings is 1. The van der Waals surface area contributed by atoms with Crippen molar-refractivity contribution in [3.63, 3.8) is 0 Å². The average Bonchev–Trinajstić information content (AvgIpc) is 2.85. The van der Waals surface area contributed by atoms with E-state index in [2.05, 4.69) is 5.32 Å². The van der Waals surface area contributed by atoms with Gasteiger partial charge in [0.1, 0.15) is 11.4 Å². The number of rotatable bonds is 4. The standard InChI is InChI=1S/C12H19NO3/c1-9-3-5-16-11(9)10(2)13-7-12(14)4-6-15-8-12/h3,5,10,13-14H,4,6-8H2,1-2H3. The number of ether oxygens (including phenoxy) is 1. The van der Waals surface area contributed by atoms with Gasteiger partial charge in [-0.3, -0.25) is 0 Å². The van der Waals surface area contributed by atoms with E-state index < -0.39 is 5.60 Å². The summed E-state index contributed by atoms with van der Waals surface area (Å²) in [5.41, 5.74) is 0.420. The molecule has 1 aromatic rings. The van der Waals surface area contributed by atoms with Gasteiger partial charge in [-0.15, -0.1) is 0 Å². The number of nitrogens with one attached hydrogen (secondary N) is 1. The quantitative estimate of drug-likeness (QED) is 0.813. The smallest absolute Gasteiger partial charge is 0.123 e. The first-order valence-electron chi connectivity index (χ1n) is 5.68. The summed E-state index contributed by atoms with van der Waals surface area (Å²) in [5, 5.41) is 13.4. The van der Waals surface area contributed by atoms with Crippen LogP contribution in [0.5, 0.6) is 0 Å². The van der Waals surface area contributed by atoms with Gasteiger partial charge in [0.2, 0.25) is 0 Å². The Morgan fingerprint density at radius 3 is 3.00 bits per heavy atom. The van der Waals surface area contributed by atoms with Gasteiger partial charge in [0.15, 0.2) is 0 Å². The summed E-state index contributed by atoms with van der Waals surface area (Å²) in [6, 6.07) is 2.06. The van der Waals surface area contributed by atoms with E-state index in [0.29, 0.717) is 26.2 Å². The second kappa shape index (κ2) is 4.57. The van der Waals surface area contributed by atoms with Crippen LogP contribution in [-0.2, 0) is 4.74 Å². The summed E-state index contributed by atoms with van der Waals surface area (Å²) in [4.78, 5) is 0. The molecule has 90 valence electrons.